The van der Waals surface area contributed by atoms with E-state index in [2.05, 4.69) is 0 Å². The zero-order valence-corrected chi connectivity index (χ0v) is 14.4. The minimum atomic E-state index is -4.26. The van der Waals surface area contributed by atoms with E-state index in [1.165, 1.54) is 6.07 Å². The third-order valence-corrected chi connectivity index (χ3v) is 3.20. The van der Waals surface area contributed by atoms with Crippen LogP contribution in [0.2, 0.25) is 0 Å². The molecular formula is C9H17N7O7S2. The fourth-order valence-electron chi connectivity index (χ4n) is 1.33. The third kappa shape index (κ3) is 7.74. The van der Waals surface area contributed by atoms with Crippen LogP contribution in [0.4, 0.5) is 21.0 Å². The van der Waals surface area contributed by atoms with Gasteiger partial charge < -0.3 is 11.5 Å². The lowest BCUT2D eigenvalue weighted by Gasteiger charge is -2.20. The molecule has 0 saturated carbocycles. The van der Waals surface area contributed by atoms with Crippen molar-refractivity contribution in [2.45, 2.75) is 4.90 Å². The molecule has 0 aliphatic heterocycles. The Morgan fingerprint density at radius 1 is 1.00 bits per heavy atom. The van der Waals surface area contributed by atoms with Crippen molar-refractivity contribution in [2.24, 2.45) is 28.3 Å². The van der Waals surface area contributed by atoms with Gasteiger partial charge >= 0.3 is 12.1 Å². The lowest BCUT2D eigenvalue weighted by Crippen LogP contribution is -2.43. The van der Waals surface area contributed by atoms with Crippen LogP contribution in [0.1, 0.15) is 0 Å². The van der Waals surface area contributed by atoms with Crippen molar-refractivity contribution >= 4 is 43.6 Å². The van der Waals surface area contributed by atoms with Crippen LogP contribution in [0.5, 0.6) is 0 Å². The van der Waals surface area contributed by atoms with Gasteiger partial charge in [-0.15, -0.1) is 0 Å². The number of hydrazine groups is 2. The summed E-state index contributed by atoms with van der Waals surface area (Å²) in [6.45, 7) is 0. The van der Waals surface area contributed by atoms with Crippen LogP contribution in [0.15, 0.2) is 23.1 Å². The van der Waals surface area contributed by atoms with E-state index in [0.29, 0.717) is 16.3 Å². The summed E-state index contributed by atoms with van der Waals surface area (Å²) in [6, 6.07) is 1.10. The van der Waals surface area contributed by atoms with Crippen LogP contribution in [-0.2, 0) is 20.1 Å². The van der Waals surface area contributed by atoms with Gasteiger partial charge in [0, 0.05) is 0 Å². The summed E-state index contributed by atoms with van der Waals surface area (Å²) >= 11 is 0. The van der Waals surface area contributed by atoms with Crippen molar-refractivity contribution in [1.29, 1.82) is 0 Å². The molecule has 1 rings (SSSR count). The Balaban J connectivity index is 0.00000101. The first-order valence-electron chi connectivity index (χ1n) is 5.83. The molecule has 0 aliphatic carbocycles. The molecule has 1 aromatic rings. The second-order valence-corrected chi connectivity index (χ2v) is 7.34. The molecule has 0 heterocycles. The lowest BCUT2D eigenvalue weighted by molar-refractivity contribution is 0.253. The molecule has 1 aromatic carbocycles. The van der Waals surface area contributed by atoms with Crippen LogP contribution >= 0.6 is 0 Å². The first-order chi connectivity index (χ1) is 11.1. The number of sulfonamides is 1. The number of rotatable bonds is 3. The van der Waals surface area contributed by atoms with Crippen molar-refractivity contribution in [3.05, 3.63) is 18.2 Å². The summed E-state index contributed by atoms with van der Waals surface area (Å²) in [5.41, 5.74) is 9.55. The third-order valence-electron chi connectivity index (χ3n) is 2.26. The SMILES string of the molecule is CS(=O)(=O)O.NC(=O)N(N)c1ccc(N(N)C(N)=O)c(S(N)(=O)=O)c1. The number of carbonyl (C=O) groups excluding carboxylic acids is 2. The van der Waals surface area contributed by atoms with E-state index >= 15 is 0 Å². The molecule has 0 unspecified atom stereocenters. The average molecular weight is 399 g/mol. The molecule has 11 N–H and O–H groups in total. The van der Waals surface area contributed by atoms with Gasteiger partial charge in [0.25, 0.3) is 10.1 Å². The molecule has 0 fully saturated rings. The topological polar surface area (TPSA) is 259 Å². The summed E-state index contributed by atoms with van der Waals surface area (Å²) in [5, 5.41) is 5.88. The van der Waals surface area contributed by atoms with E-state index in [4.69, 9.17) is 32.8 Å². The summed E-state index contributed by atoms with van der Waals surface area (Å²) in [6.07, 6.45) is 0.715. The first kappa shape index (κ1) is 22.5. The van der Waals surface area contributed by atoms with Gasteiger partial charge in [0.1, 0.15) is 4.90 Å². The molecule has 14 nitrogen and oxygen atoms in total. The first-order valence-corrected chi connectivity index (χ1v) is 9.23. The molecule has 0 aromatic heterocycles. The zero-order chi connectivity index (χ0) is 20.2. The number of primary sulfonamides is 1. The van der Waals surface area contributed by atoms with Gasteiger partial charge in [-0.3, -0.25) is 4.55 Å². The molecule has 0 atom stereocenters. The number of hydrogen-bond acceptors (Lipinski definition) is 8. The van der Waals surface area contributed by atoms with Crippen molar-refractivity contribution in [3.63, 3.8) is 0 Å². The number of amides is 4. The normalized spacial score (nSPS) is 11.1. The number of hydrogen-bond donors (Lipinski definition) is 6. The number of benzene rings is 1. The molecule has 25 heavy (non-hydrogen) atoms. The number of nitrogens with two attached hydrogens (primary N) is 5. The Hall–Kier alpha value is -2.50. The van der Waals surface area contributed by atoms with E-state index in [9.17, 15) is 26.4 Å². The summed E-state index contributed by atoms with van der Waals surface area (Å²) in [7, 11) is -7.92. The van der Waals surface area contributed by atoms with Crippen molar-refractivity contribution < 1.29 is 31.0 Å². The second-order valence-electron chi connectivity index (χ2n) is 4.35. The Kier molecular flexibility index (Phi) is 7.25. The minimum Gasteiger partial charge on any atom is -0.350 e. The van der Waals surface area contributed by atoms with E-state index in [-0.39, 0.29) is 11.4 Å². The van der Waals surface area contributed by atoms with E-state index in [1.54, 1.807) is 0 Å². The van der Waals surface area contributed by atoms with Gasteiger partial charge in [-0.1, -0.05) is 0 Å². The van der Waals surface area contributed by atoms with Crippen LogP contribution < -0.4 is 38.3 Å². The summed E-state index contributed by atoms with van der Waals surface area (Å²) < 4.78 is 48.9. The number of primary amides is 2. The minimum absolute atomic E-state index is 0.0665. The standard InChI is InChI=1S/C8H13N7O4S.CH4O3S/c9-7(16)14(11)4-1-2-5(15(12)8(10)17)6(3-4)20(13,18)19;1-5(2,3)4/h1-3H,11-12H2,(H2,9,16)(H2,10,17)(H2,13,18,19);1H3,(H,2,3,4). The molecule has 0 spiro atoms. The molecule has 4 amide bonds. The van der Waals surface area contributed by atoms with Gasteiger partial charge in [-0.25, -0.2) is 44.8 Å². The summed E-state index contributed by atoms with van der Waals surface area (Å²) in [4.78, 5) is 21.4. The molecule has 0 bridgehead atoms. The largest absolute Gasteiger partial charge is 0.350 e. The average Bonchev–Trinajstić information content (AvgIpc) is 2.42. The van der Waals surface area contributed by atoms with Crippen LogP contribution in [0.3, 0.4) is 0 Å². The maximum absolute atomic E-state index is 11.5. The molecule has 0 saturated heterocycles. The van der Waals surface area contributed by atoms with Crippen molar-refractivity contribution in [1.82, 2.24) is 0 Å². The highest BCUT2D eigenvalue weighted by Gasteiger charge is 2.22. The highest BCUT2D eigenvalue weighted by atomic mass is 32.2. The van der Waals surface area contributed by atoms with Gasteiger partial charge in [0.2, 0.25) is 10.0 Å². The zero-order valence-electron chi connectivity index (χ0n) is 12.7. The Morgan fingerprint density at radius 2 is 1.40 bits per heavy atom. The van der Waals surface area contributed by atoms with Gasteiger partial charge in [0.05, 0.1) is 17.6 Å². The highest BCUT2D eigenvalue weighted by Crippen LogP contribution is 2.27. The summed E-state index contributed by atoms with van der Waals surface area (Å²) in [5.74, 6) is 10.6. The van der Waals surface area contributed by atoms with Crippen molar-refractivity contribution in [3.8, 4) is 0 Å². The molecule has 0 aliphatic rings. The highest BCUT2D eigenvalue weighted by molar-refractivity contribution is 7.89. The van der Waals surface area contributed by atoms with Gasteiger partial charge in [0.15, 0.2) is 0 Å². The number of carbonyl (C=O) groups is 2. The number of nitrogens with zero attached hydrogens (tertiary/aromatic N) is 2. The smallest absolute Gasteiger partial charge is 0.333 e. The monoisotopic (exact) mass is 399 g/mol. The van der Waals surface area contributed by atoms with E-state index < -0.39 is 37.1 Å². The Labute approximate surface area is 142 Å². The van der Waals surface area contributed by atoms with Crippen LogP contribution in [0, 0.1) is 0 Å². The Morgan fingerprint density at radius 3 is 1.72 bits per heavy atom. The molecule has 0 radical (unpaired) electrons. The fraction of sp³-hybridized carbons (Fsp3) is 0.111. The van der Waals surface area contributed by atoms with Gasteiger partial charge in [-0.2, -0.15) is 8.42 Å². The predicted molar refractivity (Wildman–Crippen MR) is 87.8 cm³/mol. The molecule has 16 heteroatoms. The number of anilines is 2. The maximum Gasteiger partial charge on any atom is 0.333 e. The number of urea groups is 2. The van der Waals surface area contributed by atoms with Crippen molar-refractivity contribution in [2.75, 3.05) is 16.3 Å². The van der Waals surface area contributed by atoms with Gasteiger partial charge in [-0.05, 0) is 18.2 Å². The molecule has 142 valence electrons. The quantitative estimate of drug-likeness (QED) is 0.134. The lowest BCUT2D eigenvalue weighted by atomic mass is 10.2. The molecular weight excluding hydrogens is 382 g/mol. The second kappa shape index (κ2) is 8.05. The van der Waals surface area contributed by atoms with Crippen LogP contribution in [-0.4, -0.2) is 39.7 Å². The maximum atomic E-state index is 11.5. The predicted octanol–water partition coefficient (Wildman–Crippen LogP) is -2.64. The Bertz CT molecular complexity index is 860. The van der Waals surface area contributed by atoms with E-state index in [1.807, 2.05) is 0 Å². The van der Waals surface area contributed by atoms with Crippen LogP contribution in [0.25, 0.3) is 0 Å². The van der Waals surface area contributed by atoms with E-state index in [0.717, 1.165) is 12.1 Å². The fourth-order valence-corrected chi connectivity index (χ4v) is 2.07.